The summed E-state index contributed by atoms with van der Waals surface area (Å²) in [6, 6.07) is 0. The van der Waals surface area contributed by atoms with E-state index in [4.69, 9.17) is 18.9 Å². The van der Waals surface area contributed by atoms with Crippen LogP contribution in [0.4, 0.5) is 0 Å². The zero-order valence-electron chi connectivity index (χ0n) is 60.1. The van der Waals surface area contributed by atoms with Gasteiger partial charge >= 0.3 is 11.9 Å². The molecular weight excluding hydrogens is 1150 g/mol. The number of likely N-dealkylation sites (N-methyl/N-ethyl adjacent to an activating group) is 1. The number of quaternary nitrogens is 1. The fourth-order valence-corrected chi connectivity index (χ4v) is 9.86. The smallest absolute Gasteiger partial charge is 0.306 e. The number of carbonyl (C=O) groups is 3. The monoisotopic (exact) mass is 1290 g/mol. The van der Waals surface area contributed by atoms with Crippen molar-refractivity contribution in [2.45, 2.75) is 296 Å². The van der Waals surface area contributed by atoms with E-state index >= 15 is 0 Å². The van der Waals surface area contributed by atoms with E-state index in [2.05, 4.69) is 184 Å². The fourth-order valence-electron chi connectivity index (χ4n) is 9.86. The summed E-state index contributed by atoms with van der Waals surface area (Å²) >= 11 is 0. The summed E-state index contributed by atoms with van der Waals surface area (Å²) in [4.78, 5) is 37.5. The Morgan fingerprint density at radius 3 is 0.892 bits per heavy atom. The van der Waals surface area contributed by atoms with E-state index in [1.54, 1.807) is 0 Å². The maximum Gasteiger partial charge on any atom is 0.306 e. The highest BCUT2D eigenvalue weighted by Gasteiger charge is 2.22. The second-order valence-electron chi connectivity index (χ2n) is 25.5. The number of carboxylic acid groups (broad SMARTS) is 1. The molecule has 0 bridgehead atoms. The highest BCUT2D eigenvalue weighted by Crippen LogP contribution is 2.17. The predicted octanol–water partition coefficient (Wildman–Crippen LogP) is 22.5. The number of allylic oxidation sites excluding steroid dienone is 28. The Morgan fingerprint density at radius 1 is 0.323 bits per heavy atom. The van der Waals surface area contributed by atoms with Crippen LogP contribution in [0.15, 0.2) is 170 Å². The molecule has 0 saturated heterocycles. The Morgan fingerprint density at radius 2 is 0.591 bits per heavy atom. The average Bonchev–Trinajstić information content (AvgIpc) is 3.74. The molecule has 0 spiro atoms. The van der Waals surface area contributed by atoms with Crippen molar-refractivity contribution < 1.29 is 42.9 Å². The van der Waals surface area contributed by atoms with Gasteiger partial charge in [-0.15, -0.1) is 0 Å². The summed E-state index contributed by atoms with van der Waals surface area (Å²) in [6.45, 7) is 4.45. The van der Waals surface area contributed by atoms with Gasteiger partial charge in [-0.05, 0) is 122 Å². The molecule has 0 aromatic heterocycles. The molecule has 93 heavy (non-hydrogen) atoms. The van der Waals surface area contributed by atoms with Crippen molar-refractivity contribution in [3.05, 3.63) is 170 Å². The van der Waals surface area contributed by atoms with E-state index in [-0.39, 0.29) is 38.6 Å². The van der Waals surface area contributed by atoms with Gasteiger partial charge < -0.3 is 33.3 Å². The van der Waals surface area contributed by atoms with Gasteiger partial charge in [0, 0.05) is 12.8 Å². The molecule has 0 aliphatic rings. The lowest BCUT2D eigenvalue weighted by molar-refractivity contribution is -0.870. The van der Waals surface area contributed by atoms with Crippen molar-refractivity contribution in [1.82, 2.24) is 0 Å². The van der Waals surface area contributed by atoms with E-state index in [0.29, 0.717) is 23.9 Å². The lowest BCUT2D eigenvalue weighted by atomic mass is 10.0. The number of aliphatic carboxylic acids is 1. The van der Waals surface area contributed by atoms with Crippen LogP contribution in [0.25, 0.3) is 0 Å². The molecule has 0 fully saturated rings. The molecule has 0 N–H and O–H groups in total. The van der Waals surface area contributed by atoms with Crippen molar-refractivity contribution in [3.8, 4) is 0 Å². The maximum atomic E-state index is 12.9. The van der Waals surface area contributed by atoms with Crippen molar-refractivity contribution >= 4 is 17.9 Å². The Bertz CT molecular complexity index is 2140. The van der Waals surface area contributed by atoms with E-state index in [1.165, 1.54) is 135 Å². The molecule has 0 aromatic rings. The first-order valence-corrected chi connectivity index (χ1v) is 37.3. The fraction of sp³-hybridized carbons (Fsp3) is 0.631. The molecule has 0 saturated carbocycles. The minimum atomic E-state index is -1.65. The number of hydrogen-bond acceptors (Lipinski definition) is 8. The van der Waals surface area contributed by atoms with Gasteiger partial charge in [0.1, 0.15) is 13.2 Å². The molecule has 0 aliphatic carbocycles. The highest BCUT2D eigenvalue weighted by molar-refractivity contribution is 5.70. The van der Waals surface area contributed by atoms with Crippen LogP contribution in [-0.2, 0) is 33.3 Å². The van der Waals surface area contributed by atoms with Crippen LogP contribution in [0, 0.1) is 0 Å². The maximum absolute atomic E-state index is 12.9. The molecule has 0 aliphatic heterocycles. The number of carboxylic acids is 1. The van der Waals surface area contributed by atoms with Crippen LogP contribution in [0.1, 0.15) is 284 Å². The summed E-state index contributed by atoms with van der Waals surface area (Å²) in [6.07, 6.45) is 106. The van der Waals surface area contributed by atoms with E-state index in [9.17, 15) is 19.5 Å². The van der Waals surface area contributed by atoms with Crippen LogP contribution >= 0.6 is 0 Å². The van der Waals surface area contributed by atoms with Crippen LogP contribution in [-0.4, -0.2) is 82.3 Å². The van der Waals surface area contributed by atoms with Gasteiger partial charge in [0.2, 0.25) is 0 Å². The minimum absolute atomic E-state index is 0.129. The van der Waals surface area contributed by atoms with Crippen LogP contribution in [0.5, 0.6) is 0 Å². The molecular formula is C84H137NO8. The first-order chi connectivity index (χ1) is 45.6. The first kappa shape index (κ1) is 87.7. The quantitative estimate of drug-likeness (QED) is 0.0195. The Hall–Kier alpha value is -5.35. The second-order valence-corrected chi connectivity index (χ2v) is 25.5. The number of carbonyl (C=O) groups excluding carboxylic acids is 3. The SMILES string of the molecule is CC/C=C\C/C=C\C/C=C\C/C=C\C/C=C\C/C=C\C/C=C\C/C=C\C/C=C\CCCC(=O)OC(COC(=O)CCCCCCCCCCCCCCCCCCCCCCCCC/C=C\C/C=C\C/C=C\C/C=C\C/C=C\CC)COC(OCC[N+](C)(C)C)C(=O)[O-]. The Kier molecular flexibility index (Phi) is 68.3. The van der Waals surface area contributed by atoms with Crippen molar-refractivity contribution in [3.63, 3.8) is 0 Å². The number of esters is 2. The zero-order valence-corrected chi connectivity index (χ0v) is 60.1. The standard InChI is InChI=1S/C84H137NO8/c1-6-8-10-12-14-16-18-20-22-24-26-28-30-32-34-36-37-38-39-40-41-42-43-44-45-47-48-50-52-54-56-58-60-62-64-66-68-70-72-74-81(86)91-78-80(79-92-84(83(88)89)90-77-76-85(3,4)5)93-82(87)75-73-71-69-67-65-63-61-59-57-55-53-51-49-46-35-33-31-29-27-25-23-21-19-17-15-13-11-9-7-2/h8-11,14-17,20-23,26-29,32-35,49,51,55,57,61,63,67,69,80,84H,6-7,12-13,18-19,24-25,30-31,36-48,50,52-54,56,58-60,62,64-66,68,70-79H2,1-5H3/b10-8-,11-9-,16-14-,17-15-,22-20-,23-21-,28-26-,29-27-,34-32-,35-33-,51-49-,57-55-,63-61-,69-67-. The van der Waals surface area contributed by atoms with Gasteiger partial charge in [-0.2, -0.15) is 0 Å². The van der Waals surface area contributed by atoms with Crippen molar-refractivity contribution in [2.24, 2.45) is 0 Å². The van der Waals surface area contributed by atoms with Gasteiger partial charge in [-0.1, -0.05) is 319 Å². The molecule has 9 heteroatoms. The molecule has 526 valence electrons. The van der Waals surface area contributed by atoms with Gasteiger partial charge in [-0.25, -0.2) is 0 Å². The molecule has 0 heterocycles. The van der Waals surface area contributed by atoms with E-state index in [1.807, 2.05) is 21.1 Å². The number of unbranched alkanes of at least 4 members (excludes halogenated alkanes) is 24. The van der Waals surface area contributed by atoms with Gasteiger partial charge in [-0.3, -0.25) is 9.59 Å². The Labute approximate surface area is 571 Å². The molecule has 0 rings (SSSR count). The summed E-state index contributed by atoms with van der Waals surface area (Å²) in [5.41, 5.74) is 0. The third-order valence-corrected chi connectivity index (χ3v) is 15.5. The Balaban J connectivity index is 4.13. The number of nitrogens with zero attached hydrogens (tertiary/aromatic N) is 1. The van der Waals surface area contributed by atoms with Gasteiger partial charge in [0.25, 0.3) is 0 Å². The summed E-state index contributed by atoms with van der Waals surface area (Å²) in [5, 5.41) is 11.8. The van der Waals surface area contributed by atoms with Crippen molar-refractivity contribution in [1.29, 1.82) is 0 Å². The lowest BCUT2D eigenvalue weighted by Crippen LogP contribution is -2.44. The van der Waals surface area contributed by atoms with E-state index in [0.717, 1.165) is 109 Å². The molecule has 2 unspecified atom stereocenters. The average molecular weight is 1290 g/mol. The molecule has 2 atom stereocenters. The summed E-state index contributed by atoms with van der Waals surface area (Å²) in [7, 11) is 5.90. The lowest BCUT2D eigenvalue weighted by Gasteiger charge is -2.26. The minimum Gasteiger partial charge on any atom is -0.545 e. The van der Waals surface area contributed by atoms with E-state index < -0.39 is 24.3 Å². The zero-order chi connectivity index (χ0) is 67.5. The predicted molar refractivity (Wildman–Crippen MR) is 398 cm³/mol. The number of rotatable bonds is 67. The van der Waals surface area contributed by atoms with Crippen molar-refractivity contribution in [2.75, 3.05) is 47.5 Å². The molecule has 9 nitrogen and oxygen atoms in total. The largest absolute Gasteiger partial charge is 0.545 e. The highest BCUT2D eigenvalue weighted by atomic mass is 16.7. The van der Waals surface area contributed by atoms with Crippen LogP contribution < -0.4 is 5.11 Å². The normalized spacial score (nSPS) is 13.7. The third-order valence-electron chi connectivity index (χ3n) is 15.5. The second kappa shape index (κ2) is 72.5. The topological polar surface area (TPSA) is 111 Å². The molecule has 0 radical (unpaired) electrons. The number of ether oxygens (including phenoxy) is 4. The summed E-state index contributed by atoms with van der Waals surface area (Å²) in [5.74, 6) is -2.37. The van der Waals surface area contributed by atoms with Gasteiger partial charge in [0.05, 0.1) is 40.3 Å². The molecule has 0 amide bonds. The van der Waals surface area contributed by atoms with Gasteiger partial charge in [0.15, 0.2) is 12.4 Å². The number of hydrogen-bond donors (Lipinski definition) is 0. The summed E-state index contributed by atoms with van der Waals surface area (Å²) < 4.78 is 22.7. The van der Waals surface area contributed by atoms with Crippen LogP contribution in [0.2, 0.25) is 0 Å². The van der Waals surface area contributed by atoms with Crippen LogP contribution in [0.3, 0.4) is 0 Å². The first-order valence-electron chi connectivity index (χ1n) is 37.3. The molecule has 0 aromatic carbocycles. The third kappa shape index (κ3) is 73.9.